The first kappa shape index (κ1) is 30.1. The lowest BCUT2D eigenvalue weighted by Crippen LogP contribution is -2.55. The van der Waals surface area contributed by atoms with Crippen LogP contribution in [-0.2, 0) is 16.9 Å². The Morgan fingerprint density at radius 1 is 1.15 bits per heavy atom. The zero-order valence-corrected chi connectivity index (χ0v) is 21.7. The summed E-state index contributed by atoms with van der Waals surface area (Å²) >= 11 is 12.4. The Morgan fingerprint density at radius 3 is 2.36 bits per heavy atom. The van der Waals surface area contributed by atoms with Crippen LogP contribution in [0.1, 0.15) is 22.8 Å². The molecule has 0 saturated carbocycles. The van der Waals surface area contributed by atoms with Gasteiger partial charge in [-0.15, -0.1) is 0 Å². The molecule has 210 valence electrons. The number of hydrogen-bond donors (Lipinski definition) is 2. The van der Waals surface area contributed by atoms with Crippen LogP contribution in [0.15, 0.2) is 55.1 Å². The Hall–Kier alpha value is -3.42. The van der Waals surface area contributed by atoms with Crippen molar-refractivity contribution in [2.75, 3.05) is 13.2 Å². The molecule has 3 rings (SSSR count). The number of amides is 1. The van der Waals surface area contributed by atoms with E-state index >= 15 is 0 Å². The highest BCUT2D eigenvalue weighted by Crippen LogP contribution is 2.37. The predicted octanol–water partition coefficient (Wildman–Crippen LogP) is 4.37. The number of hydrogen-bond acceptors (Lipinski definition) is 6. The molecule has 15 heteroatoms. The van der Waals surface area contributed by atoms with Gasteiger partial charge in [-0.05, 0) is 43.3 Å². The number of carbonyl (C=O) groups excluding carboxylic acids is 1. The van der Waals surface area contributed by atoms with Crippen LogP contribution >= 0.6 is 23.2 Å². The molecule has 0 aliphatic rings. The van der Waals surface area contributed by atoms with Crippen LogP contribution in [0, 0.1) is 0 Å². The number of benzene rings is 2. The molecule has 0 fully saturated rings. The minimum absolute atomic E-state index is 0.0433. The highest BCUT2D eigenvalue weighted by Gasteiger charge is 2.44. The first-order valence-electron chi connectivity index (χ1n) is 11.2. The molecule has 2 N–H and O–H groups in total. The Balaban J connectivity index is 1.95. The van der Waals surface area contributed by atoms with Gasteiger partial charge < -0.3 is 19.8 Å². The standard InChI is InChI=1S/C24H22Cl2F4N4O5/c1-14(23(38,10-33-13-31-12-32-33)18-7-4-16(25)8-19(18)26)34(9-20(35)36)21(37)15-2-5-17(6-3-15)39-11-24(29,30)22(27)28/h2-8,12-14,22,38H,9-11H2,1H3,(H,35,36)/t14-,23-/m1/s1. The number of carbonyl (C=O) groups is 2. The van der Waals surface area contributed by atoms with Crippen molar-refractivity contribution < 1.29 is 42.1 Å². The molecule has 0 aliphatic heterocycles. The van der Waals surface area contributed by atoms with Crippen LogP contribution in [0.5, 0.6) is 5.75 Å². The zero-order valence-electron chi connectivity index (χ0n) is 20.1. The molecule has 0 radical (unpaired) electrons. The summed E-state index contributed by atoms with van der Waals surface area (Å²) in [5, 5.41) is 25.8. The Bertz CT molecular complexity index is 1300. The fourth-order valence-corrected chi connectivity index (χ4v) is 4.31. The highest BCUT2D eigenvalue weighted by atomic mass is 35.5. The van der Waals surface area contributed by atoms with Crippen LogP contribution in [0.4, 0.5) is 17.6 Å². The first-order valence-corrected chi connectivity index (χ1v) is 11.9. The summed E-state index contributed by atoms with van der Waals surface area (Å²) in [6, 6.07) is 7.49. The fourth-order valence-electron chi connectivity index (χ4n) is 3.73. The average molecular weight is 593 g/mol. The molecule has 1 aromatic heterocycles. The van der Waals surface area contributed by atoms with E-state index in [4.69, 9.17) is 27.9 Å². The van der Waals surface area contributed by atoms with Crippen molar-refractivity contribution in [3.05, 3.63) is 76.3 Å². The lowest BCUT2D eigenvalue weighted by molar-refractivity contribution is -0.148. The lowest BCUT2D eigenvalue weighted by Gasteiger charge is -2.41. The van der Waals surface area contributed by atoms with Gasteiger partial charge in [-0.2, -0.15) is 13.9 Å². The summed E-state index contributed by atoms with van der Waals surface area (Å²) in [5.41, 5.74) is -1.98. The summed E-state index contributed by atoms with van der Waals surface area (Å²) < 4.78 is 57.0. The molecule has 2 aromatic carbocycles. The second-order valence-corrected chi connectivity index (χ2v) is 9.36. The fraction of sp³-hybridized carbons (Fsp3) is 0.333. The number of nitrogens with zero attached hydrogens (tertiary/aromatic N) is 4. The number of halogens is 6. The number of rotatable bonds is 12. The third-order valence-electron chi connectivity index (χ3n) is 5.84. The molecular formula is C24H22Cl2F4N4O5. The molecule has 0 spiro atoms. The highest BCUT2D eigenvalue weighted by molar-refractivity contribution is 6.35. The van der Waals surface area contributed by atoms with Crippen molar-refractivity contribution in [3.63, 3.8) is 0 Å². The van der Waals surface area contributed by atoms with Gasteiger partial charge in [-0.1, -0.05) is 29.3 Å². The van der Waals surface area contributed by atoms with Crippen molar-refractivity contribution in [2.45, 2.75) is 37.5 Å². The van der Waals surface area contributed by atoms with E-state index in [0.29, 0.717) is 0 Å². The Labute approximate surface area is 229 Å². The Morgan fingerprint density at radius 2 is 1.82 bits per heavy atom. The van der Waals surface area contributed by atoms with Gasteiger partial charge in [0.2, 0.25) is 0 Å². The van der Waals surface area contributed by atoms with E-state index in [0.717, 1.165) is 29.2 Å². The zero-order chi connectivity index (χ0) is 29.0. The van der Waals surface area contributed by atoms with Gasteiger partial charge in [0.15, 0.2) is 6.61 Å². The van der Waals surface area contributed by atoms with Crippen LogP contribution < -0.4 is 4.74 Å². The second kappa shape index (κ2) is 12.2. The SMILES string of the molecule is C[C@@H](N(CC(=O)O)C(=O)c1ccc(OCC(F)(F)C(F)F)cc1)[C@](O)(Cn1cncn1)c1ccc(Cl)cc1Cl. The maximum absolute atomic E-state index is 13.5. The first-order chi connectivity index (χ1) is 18.2. The minimum Gasteiger partial charge on any atom is -0.487 e. The van der Waals surface area contributed by atoms with Crippen LogP contribution in [0.25, 0.3) is 0 Å². The van der Waals surface area contributed by atoms with Crippen LogP contribution in [0.3, 0.4) is 0 Å². The molecule has 0 aliphatic carbocycles. The van der Waals surface area contributed by atoms with E-state index in [1.165, 1.54) is 42.5 Å². The van der Waals surface area contributed by atoms with Gasteiger partial charge in [-0.25, -0.2) is 18.4 Å². The number of carboxylic acid groups (broad SMARTS) is 1. The smallest absolute Gasteiger partial charge is 0.340 e. The van der Waals surface area contributed by atoms with E-state index in [1.54, 1.807) is 0 Å². The monoisotopic (exact) mass is 592 g/mol. The average Bonchev–Trinajstić information content (AvgIpc) is 3.38. The molecule has 0 unspecified atom stereocenters. The summed E-state index contributed by atoms with van der Waals surface area (Å²) in [7, 11) is 0. The quantitative estimate of drug-likeness (QED) is 0.300. The number of ether oxygens (including phenoxy) is 1. The van der Waals surface area contributed by atoms with E-state index in [1.807, 2.05) is 0 Å². The maximum Gasteiger partial charge on any atom is 0.340 e. The van der Waals surface area contributed by atoms with Crippen molar-refractivity contribution in [2.24, 2.45) is 0 Å². The molecule has 0 saturated heterocycles. The van der Waals surface area contributed by atoms with Gasteiger partial charge in [-0.3, -0.25) is 9.59 Å². The van der Waals surface area contributed by atoms with Gasteiger partial charge in [0.05, 0.1) is 12.6 Å². The van der Waals surface area contributed by atoms with Crippen molar-refractivity contribution in [1.29, 1.82) is 0 Å². The third kappa shape index (κ3) is 7.16. The van der Waals surface area contributed by atoms with Crippen molar-refractivity contribution >= 4 is 35.1 Å². The van der Waals surface area contributed by atoms with Gasteiger partial charge in [0.25, 0.3) is 5.91 Å². The Kier molecular flexibility index (Phi) is 9.41. The van der Waals surface area contributed by atoms with Crippen molar-refractivity contribution in [1.82, 2.24) is 19.7 Å². The number of aliphatic hydroxyl groups is 1. The second-order valence-electron chi connectivity index (χ2n) is 8.52. The normalized spacial score (nSPS) is 14.1. The van der Waals surface area contributed by atoms with Crippen molar-refractivity contribution in [3.8, 4) is 5.75 Å². The summed E-state index contributed by atoms with van der Waals surface area (Å²) in [5.74, 6) is -6.84. The predicted molar refractivity (Wildman–Crippen MR) is 131 cm³/mol. The molecule has 1 amide bonds. The largest absolute Gasteiger partial charge is 0.487 e. The topological polar surface area (TPSA) is 118 Å². The van der Waals surface area contributed by atoms with E-state index < -0.39 is 49.0 Å². The van der Waals surface area contributed by atoms with E-state index in [-0.39, 0.29) is 33.5 Å². The summed E-state index contributed by atoms with van der Waals surface area (Å²) in [6.45, 7) is -1.31. The van der Waals surface area contributed by atoms with E-state index in [9.17, 15) is 37.4 Å². The minimum atomic E-state index is -4.38. The lowest BCUT2D eigenvalue weighted by atomic mass is 9.85. The third-order valence-corrected chi connectivity index (χ3v) is 6.39. The molecule has 3 aromatic rings. The number of aromatic nitrogens is 3. The molecule has 2 atom stereocenters. The number of alkyl halides is 4. The van der Waals surface area contributed by atoms with Crippen LogP contribution in [0.2, 0.25) is 10.0 Å². The molecule has 0 bridgehead atoms. The van der Waals surface area contributed by atoms with Gasteiger partial charge in [0.1, 0.15) is 30.5 Å². The number of carboxylic acids is 1. The molecule has 39 heavy (non-hydrogen) atoms. The van der Waals surface area contributed by atoms with Crippen LogP contribution in [-0.4, -0.2) is 73.3 Å². The number of aliphatic carboxylic acids is 1. The van der Waals surface area contributed by atoms with Gasteiger partial charge in [0, 0.05) is 21.2 Å². The summed E-state index contributed by atoms with van der Waals surface area (Å²) in [4.78, 5) is 29.9. The van der Waals surface area contributed by atoms with E-state index in [2.05, 4.69) is 10.1 Å². The molecule has 9 nitrogen and oxygen atoms in total. The van der Waals surface area contributed by atoms with Gasteiger partial charge >= 0.3 is 18.3 Å². The molecular weight excluding hydrogens is 571 g/mol. The molecule has 1 heterocycles. The maximum atomic E-state index is 13.5. The summed E-state index contributed by atoms with van der Waals surface area (Å²) in [6.07, 6.45) is -1.40.